The van der Waals surface area contributed by atoms with E-state index in [-0.39, 0.29) is 36.6 Å². The van der Waals surface area contributed by atoms with Crippen molar-refractivity contribution in [3.63, 3.8) is 0 Å². The molecule has 1 aromatic heterocycles. The van der Waals surface area contributed by atoms with Gasteiger partial charge >= 0.3 is 0 Å². The highest BCUT2D eigenvalue weighted by molar-refractivity contribution is 7.08. The molecule has 133 valence electrons. The number of primary amides is 1. The van der Waals surface area contributed by atoms with Gasteiger partial charge in [0.2, 0.25) is 11.8 Å². The van der Waals surface area contributed by atoms with Gasteiger partial charge in [-0.05, 0) is 24.3 Å². The number of fused-ring (bicyclic) bond motifs is 1. The van der Waals surface area contributed by atoms with E-state index in [1.165, 1.54) is 22.7 Å². The zero-order valence-corrected chi connectivity index (χ0v) is 14.7. The molecule has 3 heterocycles. The average Bonchev–Trinajstić information content (AvgIpc) is 3.29. The van der Waals surface area contributed by atoms with Crippen LogP contribution >= 0.6 is 11.3 Å². The van der Waals surface area contributed by atoms with E-state index >= 15 is 0 Å². The number of likely N-dealkylation sites (tertiary alicyclic amines) is 2. The third-order valence-electron chi connectivity index (χ3n) is 4.87. The van der Waals surface area contributed by atoms with Gasteiger partial charge in [-0.25, -0.2) is 0 Å². The summed E-state index contributed by atoms with van der Waals surface area (Å²) in [5.74, 6) is -1.46. The van der Waals surface area contributed by atoms with Crippen LogP contribution in [0.3, 0.4) is 0 Å². The Morgan fingerprint density at radius 1 is 1.40 bits per heavy atom. The van der Waals surface area contributed by atoms with Crippen LogP contribution in [0.15, 0.2) is 16.8 Å². The summed E-state index contributed by atoms with van der Waals surface area (Å²) in [5.41, 5.74) is 5.77. The topological polar surface area (TPSA) is 101 Å². The molecule has 1 radical (unpaired) electrons. The van der Waals surface area contributed by atoms with Crippen molar-refractivity contribution in [2.45, 2.75) is 31.8 Å². The second-order valence-electron chi connectivity index (χ2n) is 6.49. The Kier molecular flexibility index (Phi) is 4.89. The molecule has 1 aromatic rings. The maximum absolute atomic E-state index is 12.6. The van der Waals surface area contributed by atoms with Crippen LogP contribution in [0.2, 0.25) is 0 Å². The van der Waals surface area contributed by atoms with Gasteiger partial charge in [0.1, 0.15) is 6.04 Å². The number of carbonyl (C=O) groups is 4. The van der Waals surface area contributed by atoms with Gasteiger partial charge in [0, 0.05) is 17.8 Å². The number of Topliss-reactive ketones (excluding diaryl/α,β-unsaturated/α-hetero) is 1. The van der Waals surface area contributed by atoms with Crippen LogP contribution < -0.4 is 5.73 Å². The Balaban J connectivity index is 1.67. The summed E-state index contributed by atoms with van der Waals surface area (Å²) < 4.78 is 0. The lowest BCUT2D eigenvalue weighted by molar-refractivity contribution is -0.133. The third kappa shape index (κ3) is 3.30. The number of nitrogens with two attached hydrogens (primary N) is 1. The van der Waals surface area contributed by atoms with Crippen molar-refractivity contribution in [1.82, 2.24) is 9.80 Å². The fraction of sp³-hybridized carbons (Fsp3) is 0.471. The molecular weight excluding hydrogens is 342 g/mol. The number of rotatable bonds is 5. The van der Waals surface area contributed by atoms with Crippen molar-refractivity contribution >= 4 is 34.8 Å². The Morgan fingerprint density at radius 3 is 2.80 bits per heavy atom. The maximum atomic E-state index is 12.6. The predicted molar refractivity (Wildman–Crippen MR) is 91.5 cm³/mol. The van der Waals surface area contributed by atoms with Crippen LogP contribution in [0.4, 0.5) is 0 Å². The van der Waals surface area contributed by atoms with Crippen LogP contribution in [-0.4, -0.2) is 58.5 Å². The van der Waals surface area contributed by atoms with Crippen molar-refractivity contribution in [3.8, 4) is 0 Å². The first-order valence-corrected chi connectivity index (χ1v) is 9.13. The highest BCUT2D eigenvalue weighted by atomic mass is 32.1. The van der Waals surface area contributed by atoms with Crippen LogP contribution in [0.1, 0.15) is 30.1 Å². The third-order valence-corrected chi connectivity index (χ3v) is 5.55. The number of hydrogen-bond acceptors (Lipinski definition) is 5. The molecule has 2 aliphatic rings. The van der Waals surface area contributed by atoms with Gasteiger partial charge in [0.05, 0.1) is 24.6 Å². The quantitative estimate of drug-likeness (QED) is 0.822. The fourth-order valence-electron chi connectivity index (χ4n) is 3.40. The number of amides is 3. The molecule has 2 fully saturated rings. The first-order valence-electron chi connectivity index (χ1n) is 8.19. The van der Waals surface area contributed by atoms with E-state index in [4.69, 9.17) is 5.73 Å². The Morgan fingerprint density at radius 2 is 2.16 bits per heavy atom. The zero-order chi connectivity index (χ0) is 18.1. The number of ketones is 1. The Hall–Kier alpha value is -2.22. The minimum absolute atomic E-state index is 0.0332. The van der Waals surface area contributed by atoms with E-state index in [1.54, 1.807) is 23.3 Å². The molecule has 2 aliphatic heterocycles. The lowest BCUT2D eigenvalue weighted by Crippen LogP contribution is -2.43. The summed E-state index contributed by atoms with van der Waals surface area (Å²) in [6, 6.07) is 0.878. The van der Waals surface area contributed by atoms with Crippen molar-refractivity contribution in [1.29, 1.82) is 0 Å². The molecule has 3 rings (SSSR count). The Labute approximate surface area is 149 Å². The smallest absolute Gasteiger partial charge is 0.255 e. The highest BCUT2D eigenvalue weighted by Gasteiger charge is 2.51. The fourth-order valence-corrected chi connectivity index (χ4v) is 4.03. The first kappa shape index (κ1) is 17.6. The molecule has 3 amide bonds. The molecule has 0 saturated carbocycles. The lowest BCUT2D eigenvalue weighted by atomic mass is 10.0. The monoisotopic (exact) mass is 362 g/mol. The van der Waals surface area contributed by atoms with Gasteiger partial charge in [0.25, 0.3) is 5.91 Å². The molecule has 0 aliphatic carbocycles. The number of carbonyl (C=O) groups excluding carboxylic acids is 4. The SMILES string of the molecule is CC(C[CH]C(=O)N1CCC2C1C(=O)CN2C(=O)c1ccsc1)C(N)=O. The Bertz CT molecular complexity index is 703. The van der Waals surface area contributed by atoms with Crippen molar-refractivity contribution in [2.75, 3.05) is 13.1 Å². The van der Waals surface area contributed by atoms with Crippen LogP contribution in [0.25, 0.3) is 0 Å². The van der Waals surface area contributed by atoms with Gasteiger partial charge in [0.15, 0.2) is 5.78 Å². The van der Waals surface area contributed by atoms with Gasteiger partial charge in [-0.3, -0.25) is 19.2 Å². The van der Waals surface area contributed by atoms with E-state index in [1.807, 2.05) is 5.38 Å². The summed E-state index contributed by atoms with van der Waals surface area (Å²) in [5, 5.41) is 3.58. The van der Waals surface area contributed by atoms with E-state index in [2.05, 4.69) is 0 Å². The molecule has 3 unspecified atom stereocenters. The van der Waals surface area contributed by atoms with Crippen molar-refractivity contribution in [2.24, 2.45) is 11.7 Å². The molecule has 2 saturated heterocycles. The van der Waals surface area contributed by atoms with E-state index in [0.717, 1.165) is 0 Å². The van der Waals surface area contributed by atoms with E-state index in [9.17, 15) is 19.2 Å². The normalized spacial score (nSPS) is 23.6. The molecule has 7 nitrogen and oxygen atoms in total. The number of thiophene rings is 1. The summed E-state index contributed by atoms with van der Waals surface area (Å²) >= 11 is 1.43. The van der Waals surface area contributed by atoms with Crippen LogP contribution in [0, 0.1) is 12.3 Å². The average molecular weight is 362 g/mol. The largest absolute Gasteiger partial charge is 0.369 e. The molecule has 3 atom stereocenters. The van der Waals surface area contributed by atoms with Crippen molar-refractivity contribution in [3.05, 3.63) is 28.8 Å². The molecule has 25 heavy (non-hydrogen) atoms. The zero-order valence-electron chi connectivity index (χ0n) is 13.9. The summed E-state index contributed by atoms with van der Waals surface area (Å²) in [4.78, 5) is 51.6. The molecule has 0 aromatic carbocycles. The van der Waals surface area contributed by atoms with E-state index < -0.39 is 17.9 Å². The van der Waals surface area contributed by atoms with Crippen LogP contribution in [-0.2, 0) is 14.4 Å². The molecule has 8 heteroatoms. The molecular formula is C17H20N3O4S. The van der Waals surface area contributed by atoms with Gasteiger partial charge in [-0.1, -0.05) is 6.92 Å². The predicted octanol–water partition coefficient (Wildman–Crippen LogP) is 0.458. The summed E-state index contributed by atoms with van der Waals surface area (Å²) in [7, 11) is 0. The first-order chi connectivity index (χ1) is 11.9. The summed E-state index contributed by atoms with van der Waals surface area (Å²) in [6.45, 7) is 2.11. The van der Waals surface area contributed by atoms with Crippen molar-refractivity contribution < 1.29 is 19.2 Å². The van der Waals surface area contributed by atoms with Crippen LogP contribution in [0.5, 0.6) is 0 Å². The minimum Gasteiger partial charge on any atom is -0.369 e. The minimum atomic E-state index is -0.588. The molecule has 0 bridgehead atoms. The maximum Gasteiger partial charge on any atom is 0.255 e. The van der Waals surface area contributed by atoms with Gasteiger partial charge in [-0.2, -0.15) is 11.3 Å². The standard InChI is InChI=1S/C17H20N3O4S/c1-10(16(18)23)2-3-14(22)19-6-4-12-15(19)13(21)8-20(12)17(24)11-5-7-25-9-11/h3,5,7,9-10,12,15H,2,4,6,8H2,1H3,(H2,18,23). The number of nitrogens with zero attached hydrogens (tertiary/aromatic N) is 2. The summed E-state index contributed by atoms with van der Waals surface area (Å²) in [6.07, 6.45) is 2.24. The van der Waals surface area contributed by atoms with E-state index in [0.29, 0.717) is 18.5 Å². The number of hydrogen-bond donors (Lipinski definition) is 1. The molecule has 0 spiro atoms. The van der Waals surface area contributed by atoms with Gasteiger partial charge < -0.3 is 15.5 Å². The lowest BCUT2D eigenvalue weighted by Gasteiger charge is -2.24. The highest BCUT2D eigenvalue weighted by Crippen LogP contribution is 2.31. The molecule has 2 N–H and O–H groups in total. The van der Waals surface area contributed by atoms with Gasteiger partial charge in [-0.15, -0.1) is 0 Å². The second kappa shape index (κ2) is 6.95. The second-order valence-corrected chi connectivity index (χ2v) is 7.27.